The molecule has 0 aliphatic heterocycles. The molecule has 0 bridgehead atoms. The van der Waals surface area contributed by atoms with Gasteiger partial charge in [0, 0.05) is 25.0 Å². The number of ether oxygens (including phenoxy) is 1. The fourth-order valence-corrected chi connectivity index (χ4v) is 3.31. The second kappa shape index (κ2) is 11.5. The molecule has 0 saturated carbocycles. The van der Waals surface area contributed by atoms with Gasteiger partial charge >= 0.3 is 0 Å². The summed E-state index contributed by atoms with van der Waals surface area (Å²) < 4.78 is 5.67. The van der Waals surface area contributed by atoms with Crippen molar-refractivity contribution < 1.29 is 14.3 Å². The molecule has 1 atom stereocenters. The summed E-state index contributed by atoms with van der Waals surface area (Å²) in [4.78, 5) is 27.0. The Morgan fingerprint density at radius 1 is 1.17 bits per heavy atom. The zero-order chi connectivity index (χ0) is 21.2. The molecule has 156 valence electrons. The van der Waals surface area contributed by atoms with Gasteiger partial charge in [0.25, 0.3) is 0 Å². The topological polar surface area (TPSA) is 58.6 Å². The first-order chi connectivity index (χ1) is 13.9. The van der Waals surface area contributed by atoms with Crippen LogP contribution < -0.4 is 10.1 Å². The number of likely N-dealkylation sites (N-methyl/N-ethyl adjacent to an activating group) is 1. The molecule has 1 N–H and O–H groups in total. The number of hydrogen-bond acceptors (Lipinski definition) is 3. The van der Waals surface area contributed by atoms with Crippen LogP contribution in [0.3, 0.4) is 0 Å². The van der Waals surface area contributed by atoms with Crippen molar-refractivity contribution in [1.29, 1.82) is 0 Å². The number of carbonyl (C=O) groups is 2. The predicted octanol–water partition coefficient (Wildman–Crippen LogP) is 4.36. The zero-order valence-electron chi connectivity index (χ0n) is 17.3. The Hall–Kier alpha value is -2.53. The SMILES string of the molecule is CCC(C(=O)NC)N(Cc1cccc(C)c1)C(=O)CCCOc1ccc(Cl)cc1. The highest BCUT2D eigenvalue weighted by Crippen LogP contribution is 2.17. The zero-order valence-corrected chi connectivity index (χ0v) is 18.0. The fraction of sp³-hybridized carbons (Fsp3) is 0.391. The lowest BCUT2D eigenvalue weighted by molar-refractivity contribution is -0.141. The van der Waals surface area contributed by atoms with Crippen molar-refractivity contribution >= 4 is 23.4 Å². The van der Waals surface area contributed by atoms with E-state index in [1.165, 1.54) is 0 Å². The number of rotatable bonds is 10. The summed E-state index contributed by atoms with van der Waals surface area (Å²) in [6, 6.07) is 14.6. The van der Waals surface area contributed by atoms with Gasteiger partial charge in [-0.25, -0.2) is 0 Å². The van der Waals surface area contributed by atoms with E-state index in [-0.39, 0.29) is 11.8 Å². The van der Waals surface area contributed by atoms with E-state index >= 15 is 0 Å². The number of hydrogen-bond donors (Lipinski definition) is 1. The van der Waals surface area contributed by atoms with Gasteiger partial charge in [-0.3, -0.25) is 9.59 Å². The van der Waals surface area contributed by atoms with Gasteiger partial charge in [-0.05, 0) is 49.6 Å². The van der Waals surface area contributed by atoms with Crippen LogP contribution >= 0.6 is 11.6 Å². The highest BCUT2D eigenvalue weighted by atomic mass is 35.5. The highest BCUT2D eigenvalue weighted by molar-refractivity contribution is 6.30. The van der Waals surface area contributed by atoms with Gasteiger partial charge in [-0.2, -0.15) is 0 Å². The van der Waals surface area contributed by atoms with E-state index in [9.17, 15) is 9.59 Å². The van der Waals surface area contributed by atoms with Crippen molar-refractivity contribution in [2.45, 2.75) is 45.7 Å². The minimum atomic E-state index is -0.495. The molecule has 2 rings (SSSR count). The molecule has 5 nitrogen and oxygen atoms in total. The molecule has 0 heterocycles. The molecule has 2 aromatic rings. The summed E-state index contributed by atoms with van der Waals surface area (Å²) in [5.41, 5.74) is 2.14. The Labute approximate surface area is 178 Å². The minimum Gasteiger partial charge on any atom is -0.494 e. The molecular formula is C23H29ClN2O3. The average Bonchev–Trinajstić information content (AvgIpc) is 2.72. The number of amides is 2. The summed E-state index contributed by atoms with van der Waals surface area (Å²) in [7, 11) is 1.60. The molecule has 0 radical (unpaired) electrons. The molecule has 0 spiro atoms. The van der Waals surface area contributed by atoms with Crippen LogP contribution in [0.25, 0.3) is 0 Å². The summed E-state index contributed by atoms with van der Waals surface area (Å²) >= 11 is 5.87. The van der Waals surface area contributed by atoms with Gasteiger partial charge in [0.05, 0.1) is 6.61 Å². The Morgan fingerprint density at radius 3 is 2.52 bits per heavy atom. The normalized spacial score (nSPS) is 11.6. The number of nitrogens with zero attached hydrogens (tertiary/aromatic N) is 1. The monoisotopic (exact) mass is 416 g/mol. The fourth-order valence-electron chi connectivity index (χ4n) is 3.18. The first kappa shape index (κ1) is 22.8. The minimum absolute atomic E-state index is 0.0540. The number of halogens is 1. The smallest absolute Gasteiger partial charge is 0.242 e. The maximum atomic E-state index is 13.0. The van der Waals surface area contributed by atoms with Crippen LogP contribution in [0, 0.1) is 6.92 Å². The maximum Gasteiger partial charge on any atom is 0.242 e. The first-order valence-electron chi connectivity index (χ1n) is 9.89. The van der Waals surface area contributed by atoms with E-state index in [1.807, 2.05) is 38.1 Å². The molecule has 0 aliphatic rings. The average molecular weight is 417 g/mol. The second-order valence-electron chi connectivity index (χ2n) is 6.95. The highest BCUT2D eigenvalue weighted by Gasteiger charge is 2.27. The lowest BCUT2D eigenvalue weighted by Crippen LogP contribution is -2.48. The van der Waals surface area contributed by atoms with Crippen molar-refractivity contribution in [1.82, 2.24) is 10.2 Å². The largest absolute Gasteiger partial charge is 0.494 e. The van der Waals surface area contributed by atoms with Gasteiger partial charge in [0.2, 0.25) is 11.8 Å². The predicted molar refractivity (Wildman–Crippen MR) is 116 cm³/mol. The van der Waals surface area contributed by atoms with Gasteiger partial charge in [0.1, 0.15) is 11.8 Å². The Balaban J connectivity index is 2.00. The molecule has 29 heavy (non-hydrogen) atoms. The third kappa shape index (κ3) is 7.09. The number of nitrogens with one attached hydrogen (secondary N) is 1. The van der Waals surface area contributed by atoms with Gasteiger partial charge in [-0.1, -0.05) is 48.4 Å². The van der Waals surface area contributed by atoms with Crippen molar-refractivity contribution in [3.8, 4) is 5.75 Å². The van der Waals surface area contributed by atoms with Gasteiger partial charge < -0.3 is 15.0 Å². The molecule has 0 aromatic heterocycles. The standard InChI is InChI=1S/C23H29ClN2O3/c1-4-21(23(28)25-3)26(16-18-8-5-7-17(2)15-18)22(27)9-6-14-29-20-12-10-19(24)11-13-20/h5,7-8,10-13,15,21H,4,6,9,14,16H2,1-3H3,(H,25,28). The van der Waals surface area contributed by atoms with E-state index in [2.05, 4.69) is 5.32 Å². The quantitative estimate of drug-likeness (QED) is 0.585. The molecule has 0 aliphatic carbocycles. The van der Waals surface area contributed by atoms with Crippen LogP contribution in [0.1, 0.15) is 37.3 Å². The molecule has 2 aromatic carbocycles. The number of benzene rings is 2. The molecular weight excluding hydrogens is 388 g/mol. The lowest BCUT2D eigenvalue weighted by atomic mass is 10.1. The number of carbonyl (C=O) groups excluding carboxylic acids is 2. The van der Waals surface area contributed by atoms with Gasteiger partial charge in [0.15, 0.2) is 0 Å². The van der Waals surface area contributed by atoms with E-state index < -0.39 is 6.04 Å². The van der Waals surface area contributed by atoms with Crippen LogP contribution in [-0.2, 0) is 16.1 Å². The van der Waals surface area contributed by atoms with Crippen LogP contribution in [-0.4, -0.2) is 36.4 Å². The Kier molecular flexibility index (Phi) is 9.00. The van der Waals surface area contributed by atoms with Crippen LogP contribution in [0.4, 0.5) is 0 Å². The first-order valence-corrected chi connectivity index (χ1v) is 10.3. The van der Waals surface area contributed by atoms with Crippen molar-refractivity contribution in [2.24, 2.45) is 0 Å². The third-order valence-electron chi connectivity index (χ3n) is 4.69. The Bertz CT molecular complexity index is 808. The summed E-state index contributed by atoms with van der Waals surface area (Å²) in [6.45, 7) is 4.76. The molecule has 0 saturated heterocycles. The molecule has 6 heteroatoms. The van der Waals surface area contributed by atoms with Crippen LogP contribution in [0.15, 0.2) is 48.5 Å². The van der Waals surface area contributed by atoms with Crippen LogP contribution in [0.5, 0.6) is 5.75 Å². The van der Waals surface area contributed by atoms with Crippen molar-refractivity contribution in [2.75, 3.05) is 13.7 Å². The van der Waals surface area contributed by atoms with Gasteiger partial charge in [-0.15, -0.1) is 0 Å². The second-order valence-corrected chi connectivity index (χ2v) is 7.39. The molecule has 2 amide bonds. The van der Waals surface area contributed by atoms with Crippen LogP contribution in [0.2, 0.25) is 5.02 Å². The Morgan fingerprint density at radius 2 is 1.90 bits per heavy atom. The lowest BCUT2D eigenvalue weighted by Gasteiger charge is -2.30. The summed E-state index contributed by atoms with van der Waals surface area (Å²) in [6.07, 6.45) is 1.43. The maximum absolute atomic E-state index is 13.0. The summed E-state index contributed by atoms with van der Waals surface area (Å²) in [5, 5.41) is 3.33. The van der Waals surface area contributed by atoms with Crippen molar-refractivity contribution in [3.05, 3.63) is 64.7 Å². The van der Waals surface area contributed by atoms with Crippen molar-refractivity contribution in [3.63, 3.8) is 0 Å². The summed E-state index contributed by atoms with van der Waals surface area (Å²) in [5.74, 6) is 0.517. The van der Waals surface area contributed by atoms with E-state index in [0.29, 0.717) is 37.4 Å². The van der Waals surface area contributed by atoms with E-state index in [1.54, 1.807) is 36.2 Å². The molecule has 0 fully saturated rings. The third-order valence-corrected chi connectivity index (χ3v) is 4.94. The van der Waals surface area contributed by atoms with E-state index in [0.717, 1.165) is 16.9 Å². The number of aryl methyl sites for hydroxylation is 1. The van der Waals surface area contributed by atoms with E-state index in [4.69, 9.17) is 16.3 Å². The molecule has 1 unspecified atom stereocenters.